The number of hydrogen-bond acceptors (Lipinski definition) is 8. The highest BCUT2D eigenvalue weighted by Crippen LogP contribution is 2.24. The van der Waals surface area contributed by atoms with Gasteiger partial charge in [-0.1, -0.05) is 6.07 Å². The molecule has 2 aromatic rings. The van der Waals surface area contributed by atoms with Crippen LogP contribution in [0.25, 0.3) is 0 Å². The summed E-state index contributed by atoms with van der Waals surface area (Å²) in [5.74, 6) is 3.06. The number of hydrogen-bond donors (Lipinski definition) is 3. The molecule has 1 aliphatic rings. The van der Waals surface area contributed by atoms with Crippen molar-refractivity contribution < 1.29 is 0 Å². The molecule has 24 heavy (non-hydrogen) atoms. The van der Waals surface area contributed by atoms with E-state index in [9.17, 15) is 0 Å². The third-order valence-electron chi connectivity index (χ3n) is 4.22. The van der Waals surface area contributed by atoms with Gasteiger partial charge in [-0.2, -0.15) is 4.98 Å². The Balaban J connectivity index is 1.55. The Kier molecular flexibility index (Phi) is 6.22. The van der Waals surface area contributed by atoms with Crippen molar-refractivity contribution in [2.24, 2.45) is 11.1 Å². The molecule has 3 rings (SSSR count). The van der Waals surface area contributed by atoms with Crippen molar-refractivity contribution in [3.8, 4) is 0 Å². The zero-order valence-electron chi connectivity index (χ0n) is 13.6. The van der Waals surface area contributed by atoms with Gasteiger partial charge in [-0.05, 0) is 43.4 Å². The summed E-state index contributed by atoms with van der Waals surface area (Å²) in [7, 11) is 0. The SMILES string of the molecule is NSNCCC1CCN(c2ccnc(Nc3ccccn3)n2)CC1. The molecule has 0 amide bonds. The number of nitrogens with two attached hydrogens (primary N) is 1. The van der Waals surface area contributed by atoms with Gasteiger partial charge in [0.25, 0.3) is 0 Å². The highest BCUT2D eigenvalue weighted by atomic mass is 32.2. The largest absolute Gasteiger partial charge is 0.356 e. The van der Waals surface area contributed by atoms with Gasteiger partial charge >= 0.3 is 0 Å². The van der Waals surface area contributed by atoms with E-state index in [1.165, 1.54) is 31.4 Å². The lowest BCUT2D eigenvalue weighted by Gasteiger charge is -2.32. The van der Waals surface area contributed by atoms with Crippen LogP contribution in [0.5, 0.6) is 0 Å². The molecule has 0 spiro atoms. The molecule has 1 aliphatic heterocycles. The topological polar surface area (TPSA) is 92.0 Å². The third-order valence-corrected chi connectivity index (χ3v) is 4.59. The Bertz CT molecular complexity index is 617. The summed E-state index contributed by atoms with van der Waals surface area (Å²) in [5.41, 5.74) is 0. The van der Waals surface area contributed by atoms with Crippen molar-refractivity contribution in [1.29, 1.82) is 0 Å². The van der Waals surface area contributed by atoms with E-state index in [1.54, 1.807) is 12.4 Å². The summed E-state index contributed by atoms with van der Waals surface area (Å²) >= 11 is 1.20. The quantitative estimate of drug-likeness (QED) is 0.520. The standard InChI is InChI=1S/C16H23N7S/c17-24-20-10-4-13-6-11-23(12-7-13)15-5-9-19-16(22-15)21-14-3-1-2-8-18-14/h1-3,5,8-9,13,20H,4,6-7,10-12,17H2,(H,18,19,21,22). The first-order valence-corrected chi connectivity index (χ1v) is 9.08. The average Bonchev–Trinajstić information content (AvgIpc) is 2.64. The van der Waals surface area contributed by atoms with Crippen LogP contribution in [0.2, 0.25) is 0 Å². The van der Waals surface area contributed by atoms with Crippen LogP contribution in [0.3, 0.4) is 0 Å². The van der Waals surface area contributed by atoms with Crippen LogP contribution < -0.4 is 20.1 Å². The summed E-state index contributed by atoms with van der Waals surface area (Å²) in [4.78, 5) is 15.5. The predicted octanol–water partition coefficient (Wildman–Crippen LogP) is 2.33. The molecule has 8 heteroatoms. The predicted molar refractivity (Wildman–Crippen MR) is 98.9 cm³/mol. The number of aromatic nitrogens is 3. The van der Waals surface area contributed by atoms with Crippen molar-refractivity contribution in [2.75, 3.05) is 29.9 Å². The van der Waals surface area contributed by atoms with E-state index in [-0.39, 0.29) is 0 Å². The minimum Gasteiger partial charge on any atom is -0.356 e. The van der Waals surface area contributed by atoms with Gasteiger partial charge in [0.1, 0.15) is 11.6 Å². The van der Waals surface area contributed by atoms with Crippen LogP contribution in [-0.4, -0.2) is 34.6 Å². The minimum absolute atomic E-state index is 0.581. The van der Waals surface area contributed by atoms with Crippen molar-refractivity contribution in [3.05, 3.63) is 36.7 Å². The number of pyridine rings is 1. The fourth-order valence-corrected chi connectivity index (χ4v) is 3.15. The van der Waals surface area contributed by atoms with E-state index in [0.717, 1.165) is 37.2 Å². The summed E-state index contributed by atoms with van der Waals surface area (Å²) in [6.07, 6.45) is 7.08. The van der Waals surface area contributed by atoms with Gasteiger partial charge in [-0.3, -0.25) is 9.86 Å². The van der Waals surface area contributed by atoms with Gasteiger partial charge in [0.2, 0.25) is 5.95 Å². The van der Waals surface area contributed by atoms with Gasteiger partial charge in [0.05, 0.1) is 0 Å². The number of anilines is 3. The molecule has 4 N–H and O–H groups in total. The highest BCUT2D eigenvalue weighted by Gasteiger charge is 2.20. The van der Waals surface area contributed by atoms with Crippen molar-refractivity contribution in [3.63, 3.8) is 0 Å². The molecule has 1 fully saturated rings. The van der Waals surface area contributed by atoms with E-state index >= 15 is 0 Å². The first-order valence-electron chi connectivity index (χ1n) is 8.20. The normalized spacial score (nSPS) is 15.5. The molecule has 0 saturated carbocycles. The summed E-state index contributed by atoms with van der Waals surface area (Å²) < 4.78 is 3.12. The first kappa shape index (κ1) is 16.9. The van der Waals surface area contributed by atoms with Gasteiger partial charge in [0.15, 0.2) is 0 Å². The van der Waals surface area contributed by atoms with Crippen LogP contribution in [0, 0.1) is 5.92 Å². The van der Waals surface area contributed by atoms with Gasteiger partial charge in [-0.15, -0.1) is 0 Å². The van der Waals surface area contributed by atoms with Crippen LogP contribution in [-0.2, 0) is 0 Å². The molecule has 0 atom stereocenters. The van der Waals surface area contributed by atoms with E-state index in [0.29, 0.717) is 5.95 Å². The smallest absolute Gasteiger partial charge is 0.230 e. The van der Waals surface area contributed by atoms with E-state index in [4.69, 9.17) is 5.14 Å². The molecule has 7 nitrogen and oxygen atoms in total. The van der Waals surface area contributed by atoms with Crippen LogP contribution >= 0.6 is 12.1 Å². The van der Waals surface area contributed by atoms with Crippen molar-refractivity contribution >= 4 is 29.7 Å². The van der Waals surface area contributed by atoms with Crippen LogP contribution in [0.1, 0.15) is 19.3 Å². The lowest BCUT2D eigenvalue weighted by Crippen LogP contribution is -2.35. The fourth-order valence-electron chi connectivity index (χ4n) is 2.91. The van der Waals surface area contributed by atoms with E-state index in [1.807, 2.05) is 24.3 Å². The first-order chi connectivity index (χ1) is 11.8. The van der Waals surface area contributed by atoms with Gasteiger partial charge in [-0.25, -0.2) is 9.97 Å². The molecule has 128 valence electrons. The van der Waals surface area contributed by atoms with E-state index in [2.05, 4.69) is 29.9 Å². The number of piperidine rings is 1. The van der Waals surface area contributed by atoms with Crippen molar-refractivity contribution in [1.82, 2.24) is 19.7 Å². The molecule has 0 aromatic carbocycles. The maximum Gasteiger partial charge on any atom is 0.230 e. The van der Waals surface area contributed by atoms with Gasteiger partial charge in [0, 0.05) is 44.2 Å². The lowest BCUT2D eigenvalue weighted by atomic mass is 9.94. The Labute approximate surface area is 146 Å². The molecule has 0 radical (unpaired) electrons. The zero-order valence-corrected chi connectivity index (χ0v) is 14.4. The van der Waals surface area contributed by atoms with E-state index < -0.39 is 0 Å². The maximum absolute atomic E-state index is 5.38. The maximum atomic E-state index is 5.38. The molecule has 0 bridgehead atoms. The molecule has 0 aliphatic carbocycles. The Hall–Kier alpha value is -1.90. The Morgan fingerprint density at radius 3 is 2.79 bits per heavy atom. The van der Waals surface area contributed by atoms with Crippen LogP contribution in [0.4, 0.5) is 17.6 Å². The monoisotopic (exact) mass is 345 g/mol. The third kappa shape index (κ3) is 4.80. The Morgan fingerprint density at radius 2 is 2.04 bits per heavy atom. The lowest BCUT2D eigenvalue weighted by molar-refractivity contribution is 0.382. The molecular formula is C16H23N7S. The van der Waals surface area contributed by atoms with Crippen molar-refractivity contribution in [2.45, 2.75) is 19.3 Å². The second kappa shape index (κ2) is 8.81. The second-order valence-corrected chi connectivity index (χ2v) is 6.33. The molecular weight excluding hydrogens is 322 g/mol. The fraction of sp³-hybridized carbons (Fsp3) is 0.438. The summed E-state index contributed by atoms with van der Waals surface area (Å²) in [6.45, 7) is 3.03. The number of rotatable bonds is 7. The average molecular weight is 345 g/mol. The zero-order chi connectivity index (χ0) is 16.6. The summed E-state index contributed by atoms with van der Waals surface area (Å²) in [6, 6.07) is 7.68. The highest BCUT2D eigenvalue weighted by molar-refractivity contribution is 7.95. The summed E-state index contributed by atoms with van der Waals surface area (Å²) in [5, 5.41) is 8.53. The molecule has 0 unspecified atom stereocenters. The number of nitrogens with one attached hydrogen (secondary N) is 2. The van der Waals surface area contributed by atoms with Gasteiger partial charge < -0.3 is 10.2 Å². The molecule has 2 aromatic heterocycles. The molecule has 3 heterocycles. The number of nitrogens with zero attached hydrogens (tertiary/aromatic N) is 4. The molecule has 1 saturated heterocycles. The van der Waals surface area contributed by atoms with Crippen LogP contribution in [0.15, 0.2) is 36.7 Å². The second-order valence-electron chi connectivity index (χ2n) is 5.81. The minimum atomic E-state index is 0.581. The Morgan fingerprint density at radius 1 is 1.17 bits per heavy atom.